The predicted octanol–water partition coefficient (Wildman–Crippen LogP) is 2.58. The van der Waals surface area contributed by atoms with E-state index in [1.54, 1.807) is 0 Å². The molecule has 2 rings (SSSR count). The summed E-state index contributed by atoms with van der Waals surface area (Å²) < 4.78 is 5.49. The Kier molecular flexibility index (Phi) is 3.23. The highest BCUT2D eigenvalue weighted by Gasteiger charge is 2.07. The molecule has 5 heteroatoms. The molecule has 18 heavy (non-hydrogen) atoms. The average Bonchev–Trinajstić information content (AvgIpc) is 2.27. The molecule has 0 atom stereocenters. The Labute approximate surface area is 104 Å². The third kappa shape index (κ3) is 2.82. The van der Waals surface area contributed by atoms with Gasteiger partial charge in [0.25, 0.3) is 0 Å². The fourth-order valence-electron chi connectivity index (χ4n) is 1.61. The highest BCUT2D eigenvalue weighted by molar-refractivity contribution is 5.84. The molecule has 1 heterocycles. The molecule has 5 nitrogen and oxygen atoms in total. The Hall–Kier alpha value is -2.43. The number of nitrogens with zero attached hydrogens (tertiary/aromatic N) is 2. The van der Waals surface area contributed by atoms with Crippen LogP contribution in [0.1, 0.15) is 21.6 Å². The SMILES string of the molecule is Cc1cc(C)cc(Oc2cncc(C(=O)O)n2)c1. The van der Waals surface area contributed by atoms with Gasteiger partial charge in [-0.1, -0.05) is 6.07 Å². The lowest BCUT2D eigenvalue weighted by atomic mass is 10.1. The largest absolute Gasteiger partial charge is 0.476 e. The van der Waals surface area contributed by atoms with Crippen LogP contribution in [0.15, 0.2) is 30.6 Å². The second-order valence-corrected chi connectivity index (χ2v) is 3.97. The normalized spacial score (nSPS) is 10.1. The van der Waals surface area contributed by atoms with Gasteiger partial charge < -0.3 is 9.84 Å². The molecule has 1 N–H and O–H groups in total. The van der Waals surface area contributed by atoms with Crippen LogP contribution < -0.4 is 4.74 Å². The molecule has 0 saturated carbocycles. The third-order valence-electron chi connectivity index (χ3n) is 2.25. The highest BCUT2D eigenvalue weighted by atomic mass is 16.5. The predicted molar refractivity (Wildman–Crippen MR) is 65.0 cm³/mol. The van der Waals surface area contributed by atoms with Crippen LogP contribution in [0.2, 0.25) is 0 Å². The summed E-state index contributed by atoms with van der Waals surface area (Å²) in [5, 5.41) is 8.81. The quantitative estimate of drug-likeness (QED) is 0.898. The van der Waals surface area contributed by atoms with Crippen LogP contribution in [0.5, 0.6) is 11.6 Å². The highest BCUT2D eigenvalue weighted by Crippen LogP contribution is 2.21. The molecule has 1 aromatic carbocycles. The number of carboxylic acid groups (broad SMARTS) is 1. The minimum absolute atomic E-state index is 0.142. The zero-order valence-corrected chi connectivity index (χ0v) is 10.0. The molecule has 0 aliphatic rings. The molecule has 0 bridgehead atoms. The molecule has 0 aliphatic carbocycles. The lowest BCUT2D eigenvalue weighted by molar-refractivity contribution is 0.0689. The topological polar surface area (TPSA) is 72.3 Å². The number of aryl methyl sites for hydroxylation is 2. The molecular formula is C13H12N2O3. The first-order valence-electron chi connectivity index (χ1n) is 5.36. The maximum absolute atomic E-state index is 10.8. The van der Waals surface area contributed by atoms with Gasteiger partial charge in [0.1, 0.15) is 5.75 Å². The van der Waals surface area contributed by atoms with Gasteiger partial charge >= 0.3 is 5.97 Å². The molecule has 0 saturated heterocycles. The van der Waals surface area contributed by atoms with E-state index in [1.165, 1.54) is 12.4 Å². The van der Waals surface area contributed by atoms with Crippen molar-refractivity contribution in [1.82, 2.24) is 9.97 Å². The monoisotopic (exact) mass is 244 g/mol. The number of hydrogen-bond donors (Lipinski definition) is 1. The van der Waals surface area contributed by atoms with Crippen LogP contribution in [0.25, 0.3) is 0 Å². The minimum Gasteiger partial charge on any atom is -0.476 e. The van der Waals surface area contributed by atoms with Gasteiger partial charge in [-0.05, 0) is 37.1 Å². The smallest absolute Gasteiger partial charge is 0.356 e. The van der Waals surface area contributed by atoms with E-state index >= 15 is 0 Å². The van der Waals surface area contributed by atoms with E-state index in [4.69, 9.17) is 9.84 Å². The first-order valence-corrected chi connectivity index (χ1v) is 5.36. The van der Waals surface area contributed by atoms with E-state index in [9.17, 15) is 4.79 Å². The van der Waals surface area contributed by atoms with Crippen LogP contribution in [-0.2, 0) is 0 Å². The molecular weight excluding hydrogens is 232 g/mol. The summed E-state index contributed by atoms with van der Waals surface area (Å²) >= 11 is 0. The van der Waals surface area contributed by atoms with Gasteiger partial charge in [-0.25, -0.2) is 9.78 Å². The van der Waals surface area contributed by atoms with Crippen molar-refractivity contribution in [2.75, 3.05) is 0 Å². The fourth-order valence-corrected chi connectivity index (χ4v) is 1.61. The Morgan fingerprint density at radius 2 is 1.83 bits per heavy atom. The van der Waals surface area contributed by atoms with Crippen LogP contribution in [0.3, 0.4) is 0 Å². The van der Waals surface area contributed by atoms with Gasteiger partial charge in [0.05, 0.1) is 12.4 Å². The standard InChI is InChI=1S/C13H12N2O3/c1-8-3-9(2)5-10(4-8)18-12-7-14-6-11(15-12)13(16)17/h3-7H,1-2H3,(H,16,17). The molecule has 2 aromatic rings. The molecule has 92 valence electrons. The number of hydrogen-bond acceptors (Lipinski definition) is 4. The maximum Gasteiger partial charge on any atom is 0.356 e. The van der Waals surface area contributed by atoms with Gasteiger partial charge in [0, 0.05) is 0 Å². The molecule has 0 fully saturated rings. The number of ether oxygens (including phenoxy) is 1. The number of benzene rings is 1. The summed E-state index contributed by atoms with van der Waals surface area (Å²) in [6.07, 6.45) is 2.56. The summed E-state index contributed by atoms with van der Waals surface area (Å²) in [6.45, 7) is 3.92. The number of carbonyl (C=O) groups is 1. The average molecular weight is 244 g/mol. The second kappa shape index (κ2) is 4.83. The number of aromatic nitrogens is 2. The first kappa shape index (κ1) is 12.0. The Balaban J connectivity index is 2.28. The lowest BCUT2D eigenvalue weighted by Crippen LogP contribution is -2.02. The number of carboxylic acids is 1. The van der Waals surface area contributed by atoms with Crippen molar-refractivity contribution in [2.24, 2.45) is 0 Å². The van der Waals surface area contributed by atoms with E-state index < -0.39 is 5.97 Å². The summed E-state index contributed by atoms with van der Waals surface area (Å²) in [6, 6.07) is 5.72. The van der Waals surface area contributed by atoms with Crippen molar-refractivity contribution in [3.63, 3.8) is 0 Å². The zero-order chi connectivity index (χ0) is 13.1. The Morgan fingerprint density at radius 3 is 2.44 bits per heavy atom. The number of aromatic carboxylic acids is 1. The number of rotatable bonds is 3. The summed E-state index contributed by atoms with van der Waals surface area (Å²) in [5.74, 6) is -0.349. The maximum atomic E-state index is 10.8. The van der Waals surface area contributed by atoms with E-state index in [2.05, 4.69) is 9.97 Å². The fraction of sp³-hybridized carbons (Fsp3) is 0.154. The zero-order valence-electron chi connectivity index (χ0n) is 10.0. The summed E-state index contributed by atoms with van der Waals surface area (Å²) in [4.78, 5) is 18.4. The van der Waals surface area contributed by atoms with Gasteiger partial charge in [0.2, 0.25) is 5.88 Å². The van der Waals surface area contributed by atoms with E-state index in [-0.39, 0.29) is 11.6 Å². The molecule has 1 aromatic heterocycles. The van der Waals surface area contributed by atoms with Crippen LogP contribution in [0.4, 0.5) is 0 Å². The lowest BCUT2D eigenvalue weighted by Gasteiger charge is -2.06. The Morgan fingerprint density at radius 1 is 1.17 bits per heavy atom. The minimum atomic E-state index is -1.13. The molecule has 0 unspecified atom stereocenters. The van der Waals surface area contributed by atoms with Crippen molar-refractivity contribution in [3.8, 4) is 11.6 Å². The summed E-state index contributed by atoms with van der Waals surface area (Å²) in [7, 11) is 0. The van der Waals surface area contributed by atoms with E-state index in [1.807, 2.05) is 32.0 Å². The Bertz CT molecular complexity index is 576. The molecule has 0 amide bonds. The van der Waals surface area contributed by atoms with Crippen molar-refractivity contribution in [2.45, 2.75) is 13.8 Å². The van der Waals surface area contributed by atoms with Crippen molar-refractivity contribution < 1.29 is 14.6 Å². The molecule has 0 radical (unpaired) electrons. The van der Waals surface area contributed by atoms with E-state index in [0.717, 1.165) is 11.1 Å². The first-order chi connectivity index (χ1) is 8.54. The van der Waals surface area contributed by atoms with Gasteiger partial charge in [-0.3, -0.25) is 4.98 Å². The van der Waals surface area contributed by atoms with Gasteiger partial charge in [0.15, 0.2) is 5.69 Å². The van der Waals surface area contributed by atoms with Crippen LogP contribution >= 0.6 is 0 Å². The molecule has 0 aliphatic heterocycles. The van der Waals surface area contributed by atoms with Crippen LogP contribution in [0, 0.1) is 13.8 Å². The van der Waals surface area contributed by atoms with Crippen molar-refractivity contribution >= 4 is 5.97 Å². The van der Waals surface area contributed by atoms with Crippen LogP contribution in [-0.4, -0.2) is 21.0 Å². The van der Waals surface area contributed by atoms with Gasteiger partial charge in [-0.2, -0.15) is 0 Å². The summed E-state index contributed by atoms with van der Waals surface area (Å²) in [5.41, 5.74) is 1.98. The van der Waals surface area contributed by atoms with E-state index in [0.29, 0.717) is 5.75 Å². The second-order valence-electron chi connectivity index (χ2n) is 3.97. The van der Waals surface area contributed by atoms with Crippen molar-refractivity contribution in [3.05, 3.63) is 47.4 Å². The van der Waals surface area contributed by atoms with Gasteiger partial charge in [-0.15, -0.1) is 0 Å². The van der Waals surface area contributed by atoms with Crippen molar-refractivity contribution in [1.29, 1.82) is 0 Å². The molecule has 0 spiro atoms. The third-order valence-corrected chi connectivity index (χ3v) is 2.25.